The van der Waals surface area contributed by atoms with Crippen LogP contribution in [0.25, 0.3) is 6.08 Å². The lowest BCUT2D eigenvalue weighted by atomic mass is 10.2. The largest absolute Gasteiger partial charge is 0.493 e. The summed E-state index contributed by atoms with van der Waals surface area (Å²) in [5.74, 6) is -1.21. The van der Waals surface area contributed by atoms with Crippen LogP contribution in [0.5, 0.6) is 11.5 Å². The standard InChI is InChI=1S/C20H23N3O7/c1-5-6-12-7-8-14(15(9-12)28-4)29-11-16(25)30-10-13(24)17-18(21)22(2)20(27)23(3)19(17)26/h5-9H,10-11,21H2,1-4H3. The summed E-state index contributed by atoms with van der Waals surface area (Å²) in [6.07, 6.45) is 3.75. The van der Waals surface area contributed by atoms with E-state index in [1.165, 1.54) is 21.2 Å². The monoisotopic (exact) mass is 417 g/mol. The highest BCUT2D eigenvalue weighted by atomic mass is 16.6. The number of carbonyl (C=O) groups excluding carboxylic acids is 2. The number of Topliss-reactive ketones (excluding diaryl/α,β-unsaturated/α-hetero) is 1. The molecule has 2 N–H and O–H groups in total. The third kappa shape index (κ3) is 4.77. The number of rotatable bonds is 8. The maximum atomic E-state index is 12.3. The molecule has 0 amide bonds. The van der Waals surface area contributed by atoms with Gasteiger partial charge in [0.05, 0.1) is 7.11 Å². The van der Waals surface area contributed by atoms with Gasteiger partial charge in [-0.1, -0.05) is 18.2 Å². The molecule has 0 aliphatic rings. The fourth-order valence-corrected chi connectivity index (χ4v) is 2.62. The first-order valence-corrected chi connectivity index (χ1v) is 8.89. The van der Waals surface area contributed by atoms with E-state index >= 15 is 0 Å². The fraction of sp³-hybridized carbons (Fsp3) is 0.300. The van der Waals surface area contributed by atoms with Crippen LogP contribution in [0, 0.1) is 0 Å². The Morgan fingerprint density at radius 3 is 2.43 bits per heavy atom. The lowest BCUT2D eigenvalue weighted by Crippen LogP contribution is -2.42. The Hall–Kier alpha value is -3.82. The van der Waals surface area contributed by atoms with Gasteiger partial charge < -0.3 is 19.9 Å². The average molecular weight is 417 g/mol. The van der Waals surface area contributed by atoms with Crippen LogP contribution in [-0.4, -0.2) is 41.2 Å². The molecule has 0 saturated carbocycles. The highest BCUT2D eigenvalue weighted by Crippen LogP contribution is 2.28. The summed E-state index contributed by atoms with van der Waals surface area (Å²) in [4.78, 5) is 48.3. The number of ether oxygens (including phenoxy) is 3. The molecule has 2 rings (SSSR count). The molecule has 160 valence electrons. The van der Waals surface area contributed by atoms with Crippen LogP contribution in [0.3, 0.4) is 0 Å². The topological polar surface area (TPSA) is 132 Å². The molecule has 0 fully saturated rings. The van der Waals surface area contributed by atoms with E-state index in [0.29, 0.717) is 11.5 Å². The van der Waals surface area contributed by atoms with Crippen LogP contribution in [0.15, 0.2) is 33.9 Å². The van der Waals surface area contributed by atoms with Gasteiger partial charge in [-0.15, -0.1) is 0 Å². The van der Waals surface area contributed by atoms with Gasteiger partial charge in [0.2, 0.25) is 5.78 Å². The molecule has 0 spiro atoms. The minimum atomic E-state index is -0.862. The Morgan fingerprint density at radius 1 is 1.10 bits per heavy atom. The van der Waals surface area contributed by atoms with E-state index in [-0.39, 0.29) is 5.82 Å². The molecule has 1 heterocycles. The number of carbonyl (C=O) groups is 2. The van der Waals surface area contributed by atoms with Gasteiger partial charge in [-0.3, -0.25) is 18.7 Å². The molecule has 0 bridgehead atoms. The second-order valence-electron chi connectivity index (χ2n) is 6.25. The molecule has 0 radical (unpaired) electrons. The number of benzene rings is 1. The second-order valence-corrected chi connectivity index (χ2v) is 6.25. The Labute approximate surface area is 172 Å². The van der Waals surface area contributed by atoms with Crippen molar-refractivity contribution in [1.82, 2.24) is 9.13 Å². The third-order valence-electron chi connectivity index (χ3n) is 4.25. The number of ketones is 1. The number of esters is 1. The maximum absolute atomic E-state index is 12.3. The van der Waals surface area contributed by atoms with Crippen molar-refractivity contribution in [3.8, 4) is 11.5 Å². The quantitative estimate of drug-likeness (QED) is 0.485. The SMILES string of the molecule is CC=Cc1ccc(OCC(=O)OCC(=O)c2c(N)n(C)c(=O)n(C)c2=O)c(OC)c1. The van der Waals surface area contributed by atoms with Crippen molar-refractivity contribution in [2.45, 2.75) is 6.92 Å². The van der Waals surface area contributed by atoms with Crippen molar-refractivity contribution in [1.29, 1.82) is 0 Å². The van der Waals surface area contributed by atoms with Gasteiger partial charge in [0.1, 0.15) is 11.4 Å². The van der Waals surface area contributed by atoms with Crippen LogP contribution in [0.4, 0.5) is 5.82 Å². The number of hydrogen-bond donors (Lipinski definition) is 1. The van der Waals surface area contributed by atoms with Gasteiger partial charge in [-0.25, -0.2) is 9.59 Å². The van der Waals surface area contributed by atoms with Gasteiger partial charge in [-0.05, 0) is 24.6 Å². The summed E-state index contributed by atoms with van der Waals surface area (Å²) in [7, 11) is 4.01. The Morgan fingerprint density at radius 2 is 1.80 bits per heavy atom. The summed E-state index contributed by atoms with van der Waals surface area (Å²) in [5.41, 5.74) is 4.64. The Balaban J connectivity index is 2.03. The lowest BCUT2D eigenvalue weighted by molar-refractivity contribution is -0.144. The van der Waals surface area contributed by atoms with Gasteiger partial charge in [0.15, 0.2) is 24.7 Å². The molecular formula is C20H23N3O7. The van der Waals surface area contributed by atoms with E-state index < -0.39 is 41.8 Å². The highest BCUT2D eigenvalue weighted by molar-refractivity contribution is 6.01. The van der Waals surface area contributed by atoms with E-state index in [2.05, 4.69) is 0 Å². The van der Waals surface area contributed by atoms with Crippen molar-refractivity contribution in [2.24, 2.45) is 14.1 Å². The molecule has 1 aromatic heterocycles. The normalized spacial score (nSPS) is 10.8. The van der Waals surface area contributed by atoms with Crippen LogP contribution in [0.1, 0.15) is 22.8 Å². The number of hydrogen-bond acceptors (Lipinski definition) is 8. The average Bonchev–Trinajstić information content (AvgIpc) is 2.74. The molecule has 0 atom stereocenters. The van der Waals surface area contributed by atoms with Gasteiger partial charge in [0, 0.05) is 14.1 Å². The molecule has 30 heavy (non-hydrogen) atoms. The van der Waals surface area contributed by atoms with Crippen molar-refractivity contribution >= 4 is 23.6 Å². The third-order valence-corrected chi connectivity index (χ3v) is 4.25. The number of aromatic nitrogens is 2. The molecule has 0 saturated heterocycles. The summed E-state index contributed by atoms with van der Waals surface area (Å²) in [6, 6.07) is 5.16. The first kappa shape index (κ1) is 22.5. The number of nitrogens with zero attached hydrogens (tertiary/aromatic N) is 2. The first-order valence-electron chi connectivity index (χ1n) is 8.89. The van der Waals surface area contributed by atoms with E-state index in [0.717, 1.165) is 14.7 Å². The molecule has 0 unspecified atom stereocenters. The zero-order chi connectivity index (χ0) is 22.4. The van der Waals surface area contributed by atoms with E-state index in [9.17, 15) is 19.2 Å². The predicted molar refractivity (Wildman–Crippen MR) is 110 cm³/mol. The van der Waals surface area contributed by atoms with E-state index in [1.54, 1.807) is 18.2 Å². The number of nitrogen functional groups attached to an aromatic ring is 1. The molecular weight excluding hydrogens is 394 g/mol. The number of allylic oxidation sites excluding steroid dienone is 1. The maximum Gasteiger partial charge on any atom is 0.344 e. The Bertz CT molecular complexity index is 1110. The van der Waals surface area contributed by atoms with Crippen LogP contribution < -0.4 is 26.5 Å². The molecule has 10 nitrogen and oxygen atoms in total. The summed E-state index contributed by atoms with van der Waals surface area (Å²) < 4.78 is 17.2. The number of methoxy groups -OCH3 is 1. The highest BCUT2D eigenvalue weighted by Gasteiger charge is 2.21. The minimum Gasteiger partial charge on any atom is -0.493 e. The zero-order valence-electron chi connectivity index (χ0n) is 17.1. The van der Waals surface area contributed by atoms with E-state index in [1.807, 2.05) is 19.1 Å². The van der Waals surface area contributed by atoms with Crippen molar-refractivity contribution < 1.29 is 23.8 Å². The predicted octanol–water partition coefficient (Wildman–Crippen LogP) is 0.513. The van der Waals surface area contributed by atoms with Crippen molar-refractivity contribution in [2.75, 3.05) is 26.1 Å². The number of anilines is 1. The van der Waals surface area contributed by atoms with Crippen LogP contribution in [0.2, 0.25) is 0 Å². The van der Waals surface area contributed by atoms with Crippen LogP contribution >= 0.6 is 0 Å². The molecule has 0 aliphatic heterocycles. The molecule has 2 aromatic rings. The zero-order valence-corrected chi connectivity index (χ0v) is 17.1. The lowest BCUT2D eigenvalue weighted by Gasteiger charge is -2.12. The smallest absolute Gasteiger partial charge is 0.344 e. The Kier molecular flexibility index (Phi) is 7.18. The summed E-state index contributed by atoms with van der Waals surface area (Å²) >= 11 is 0. The van der Waals surface area contributed by atoms with Gasteiger partial charge in [0.25, 0.3) is 5.56 Å². The fourth-order valence-electron chi connectivity index (χ4n) is 2.62. The summed E-state index contributed by atoms with van der Waals surface area (Å²) in [6.45, 7) is 0.678. The molecule has 10 heteroatoms. The minimum absolute atomic E-state index is 0.300. The molecule has 1 aromatic carbocycles. The van der Waals surface area contributed by atoms with Crippen molar-refractivity contribution in [3.63, 3.8) is 0 Å². The number of nitrogens with two attached hydrogens (primary N) is 1. The van der Waals surface area contributed by atoms with E-state index in [4.69, 9.17) is 19.9 Å². The van der Waals surface area contributed by atoms with Crippen LogP contribution in [-0.2, 0) is 23.6 Å². The second kappa shape index (κ2) is 9.59. The summed E-state index contributed by atoms with van der Waals surface area (Å²) in [5, 5.41) is 0. The first-order chi connectivity index (χ1) is 14.2. The van der Waals surface area contributed by atoms with Gasteiger partial charge >= 0.3 is 11.7 Å². The molecule has 0 aliphatic carbocycles. The van der Waals surface area contributed by atoms with Gasteiger partial charge in [-0.2, -0.15) is 0 Å². The van der Waals surface area contributed by atoms with Crippen molar-refractivity contribution in [3.05, 3.63) is 56.2 Å².